The first-order valence-electron chi connectivity index (χ1n) is 6.79. The zero-order valence-electron chi connectivity index (χ0n) is 12.8. The van der Waals surface area contributed by atoms with Crippen molar-refractivity contribution >= 4 is 0 Å². The molecule has 5 heteroatoms. The highest BCUT2D eigenvalue weighted by molar-refractivity contribution is 5.20. The summed E-state index contributed by atoms with van der Waals surface area (Å²) in [6.45, 7) is 9.15. The molecule has 20 heavy (non-hydrogen) atoms. The number of hydrogen-bond donors (Lipinski definition) is 0. The third kappa shape index (κ3) is 3.11. The predicted molar refractivity (Wildman–Crippen MR) is 74.7 cm³/mol. The van der Waals surface area contributed by atoms with E-state index in [0.29, 0.717) is 19.1 Å². The Bertz CT molecular complexity index is 426. The summed E-state index contributed by atoms with van der Waals surface area (Å²) in [5, 5.41) is 0. The van der Waals surface area contributed by atoms with E-state index in [1.54, 1.807) is 13.3 Å². The Labute approximate surface area is 120 Å². The van der Waals surface area contributed by atoms with Crippen LogP contribution in [0.5, 0.6) is 5.88 Å². The van der Waals surface area contributed by atoms with E-state index in [1.807, 2.05) is 39.8 Å². The van der Waals surface area contributed by atoms with Crippen LogP contribution in [0.2, 0.25) is 0 Å². The number of hydrogen-bond acceptors (Lipinski definition) is 5. The van der Waals surface area contributed by atoms with Gasteiger partial charge in [-0.05, 0) is 33.8 Å². The summed E-state index contributed by atoms with van der Waals surface area (Å²) < 4.78 is 22.3. The first-order chi connectivity index (χ1) is 9.36. The molecule has 1 aliphatic rings. The Morgan fingerprint density at radius 1 is 1.10 bits per heavy atom. The Morgan fingerprint density at radius 2 is 1.75 bits per heavy atom. The maximum atomic E-state index is 5.97. The molecule has 2 heterocycles. The average Bonchev–Trinajstić information content (AvgIpc) is 2.60. The minimum absolute atomic E-state index is 0.342. The van der Waals surface area contributed by atoms with E-state index < -0.39 is 0 Å². The topological polar surface area (TPSA) is 49.8 Å². The fourth-order valence-electron chi connectivity index (χ4n) is 1.83. The molecule has 1 aromatic heterocycles. The summed E-state index contributed by atoms with van der Waals surface area (Å²) >= 11 is 0. The van der Waals surface area contributed by atoms with Gasteiger partial charge in [-0.2, -0.15) is 0 Å². The Balaban J connectivity index is 2.01. The molecule has 1 aromatic rings. The van der Waals surface area contributed by atoms with Crippen molar-refractivity contribution in [2.45, 2.75) is 45.2 Å². The van der Waals surface area contributed by atoms with Crippen molar-refractivity contribution < 1.29 is 18.9 Å². The molecule has 1 fully saturated rings. The molecule has 2 rings (SSSR count). The van der Waals surface area contributed by atoms with Gasteiger partial charge in [0, 0.05) is 24.9 Å². The Hall–Kier alpha value is -1.17. The number of methoxy groups -OCH3 is 1. The summed E-state index contributed by atoms with van der Waals surface area (Å²) in [4.78, 5) is 4.25. The maximum absolute atomic E-state index is 5.97. The minimum atomic E-state index is -0.388. The van der Waals surface area contributed by atoms with Gasteiger partial charge in [0.1, 0.15) is 6.61 Å². The lowest BCUT2D eigenvalue weighted by Gasteiger charge is -2.30. The molecule has 0 aromatic carbocycles. The smallest absolute Gasteiger partial charge is 0.213 e. The SMILES string of the molecule is COCCOc1ccc(C2OC(C)(C)C(C)(C)O2)cn1. The fourth-order valence-corrected chi connectivity index (χ4v) is 1.83. The molecule has 0 amide bonds. The van der Waals surface area contributed by atoms with Crippen LogP contribution in [0.3, 0.4) is 0 Å². The van der Waals surface area contributed by atoms with E-state index in [0.717, 1.165) is 5.56 Å². The largest absolute Gasteiger partial charge is 0.475 e. The van der Waals surface area contributed by atoms with Gasteiger partial charge in [-0.25, -0.2) is 4.98 Å². The van der Waals surface area contributed by atoms with Crippen molar-refractivity contribution in [2.24, 2.45) is 0 Å². The first-order valence-corrected chi connectivity index (χ1v) is 6.79. The van der Waals surface area contributed by atoms with Gasteiger partial charge in [0.2, 0.25) is 5.88 Å². The van der Waals surface area contributed by atoms with Gasteiger partial charge in [-0.15, -0.1) is 0 Å². The molecule has 1 aliphatic heterocycles. The standard InChI is InChI=1S/C15H23NO4/c1-14(2)15(3,4)20-13(19-14)11-6-7-12(16-10-11)18-9-8-17-5/h6-7,10,13H,8-9H2,1-5H3. The van der Waals surface area contributed by atoms with E-state index in [-0.39, 0.29) is 17.5 Å². The number of rotatable bonds is 5. The van der Waals surface area contributed by atoms with E-state index >= 15 is 0 Å². The number of ether oxygens (including phenoxy) is 4. The van der Waals surface area contributed by atoms with Crippen LogP contribution in [0, 0.1) is 0 Å². The van der Waals surface area contributed by atoms with E-state index in [1.165, 1.54) is 0 Å². The van der Waals surface area contributed by atoms with Crippen LogP contribution in [0.15, 0.2) is 18.3 Å². The molecule has 0 saturated carbocycles. The molecule has 0 N–H and O–H groups in total. The van der Waals surface area contributed by atoms with Gasteiger partial charge in [0.25, 0.3) is 0 Å². The predicted octanol–water partition coefficient (Wildman–Crippen LogP) is 2.71. The second-order valence-electron chi connectivity index (χ2n) is 5.86. The average molecular weight is 281 g/mol. The molecular weight excluding hydrogens is 258 g/mol. The second-order valence-corrected chi connectivity index (χ2v) is 5.86. The van der Waals surface area contributed by atoms with Crippen molar-refractivity contribution in [3.05, 3.63) is 23.9 Å². The van der Waals surface area contributed by atoms with Gasteiger partial charge < -0.3 is 18.9 Å². The summed E-state index contributed by atoms with van der Waals surface area (Å²) in [5.41, 5.74) is 0.208. The highest BCUT2D eigenvalue weighted by atomic mass is 16.7. The van der Waals surface area contributed by atoms with Crippen LogP contribution < -0.4 is 4.74 Å². The van der Waals surface area contributed by atoms with E-state index in [4.69, 9.17) is 18.9 Å². The molecule has 0 bridgehead atoms. The summed E-state index contributed by atoms with van der Waals surface area (Å²) in [6.07, 6.45) is 1.34. The lowest BCUT2D eigenvalue weighted by Crippen LogP contribution is -2.41. The quantitative estimate of drug-likeness (QED) is 0.777. The minimum Gasteiger partial charge on any atom is -0.475 e. The molecule has 0 aliphatic carbocycles. The number of pyridine rings is 1. The molecule has 0 atom stereocenters. The Morgan fingerprint density at radius 3 is 2.25 bits per heavy atom. The lowest BCUT2D eigenvalue weighted by atomic mass is 9.90. The van der Waals surface area contributed by atoms with Gasteiger partial charge in [0.15, 0.2) is 6.29 Å². The van der Waals surface area contributed by atoms with Gasteiger partial charge in [-0.1, -0.05) is 0 Å². The van der Waals surface area contributed by atoms with E-state index in [2.05, 4.69) is 4.98 Å². The number of aromatic nitrogens is 1. The highest BCUT2D eigenvalue weighted by Gasteiger charge is 2.49. The van der Waals surface area contributed by atoms with Crippen LogP contribution in [0.4, 0.5) is 0 Å². The van der Waals surface area contributed by atoms with Crippen LogP contribution in [0.1, 0.15) is 39.5 Å². The summed E-state index contributed by atoms with van der Waals surface area (Å²) in [7, 11) is 1.64. The molecule has 0 unspecified atom stereocenters. The molecule has 112 valence electrons. The second kappa shape index (κ2) is 5.68. The normalized spacial score (nSPS) is 21.1. The van der Waals surface area contributed by atoms with Crippen LogP contribution in [0.25, 0.3) is 0 Å². The molecule has 1 saturated heterocycles. The molecule has 0 radical (unpaired) electrons. The zero-order chi connectivity index (χ0) is 14.8. The van der Waals surface area contributed by atoms with E-state index in [9.17, 15) is 0 Å². The Kier molecular flexibility index (Phi) is 4.32. The monoisotopic (exact) mass is 281 g/mol. The summed E-state index contributed by atoms with van der Waals surface area (Å²) in [6, 6.07) is 3.73. The van der Waals surface area contributed by atoms with Crippen molar-refractivity contribution in [3.63, 3.8) is 0 Å². The highest BCUT2D eigenvalue weighted by Crippen LogP contribution is 2.44. The van der Waals surface area contributed by atoms with Crippen LogP contribution >= 0.6 is 0 Å². The van der Waals surface area contributed by atoms with Crippen molar-refractivity contribution in [1.82, 2.24) is 4.98 Å². The third-order valence-electron chi connectivity index (χ3n) is 3.82. The summed E-state index contributed by atoms with van der Waals surface area (Å²) in [5.74, 6) is 0.572. The molecule has 0 spiro atoms. The first kappa shape index (κ1) is 15.2. The van der Waals surface area contributed by atoms with Crippen molar-refractivity contribution in [1.29, 1.82) is 0 Å². The zero-order valence-corrected chi connectivity index (χ0v) is 12.8. The van der Waals surface area contributed by atoms with Crippen molar-refractivity contribution in [2.75, 3.05) is 20.3 Å². The van der Waals surface area contributed by atoms with Crippen LogP contribution in [-0.2, 0) is 14.2 Å². The molecule has 5 nitrogen and oxygen atoms in total. The van der Waals surface area contributed by atoms with Crippen LogP contribution in [-0.4, -0.2) is 36.5 Å². The van der Waals surface area contributed by atoms with Gasteiger partial charge in [0.05, 0.1) is 17.8 Å². The number of nitrogens with zero attached hydrogens (tertiary/aromatic N) is 1. The third-order valence-corrected chi connectivity index (χ3v) is 3.82. The molecular formula is C15H23NO4. The van der Waals surface area contributed by atoms with Crippen molar-refractivity contribution in [3.8, 4) is 5.88 Å². The van der Waals surface area contributed by atoms with Gasteiger partial charge >= 0.3 is 0 Å². The lowest BCUT2D eigenvalue weighted by molar-refractivity contribution is -0.0897. The fraction of sp³-hybridized carbons (Fsp3) is 0.667. The van der Waals surface area contributed by atoms with Gasteiger partial charge in [-0.3, -0.25) is 0 Å². The maximum Gasteiger partial charge on any atom is 0.213 e.